The van der Waals surface area contributed by atoms with Crippen molar-refractivity contribution >= 4 is 17.5 Å². The van der Waals surface area contributed by atoms with Gasteiger partial charge in [-0.25, -0.2) is 0 Å². The van der Waals surface area contributed by atoms with Crippen molar-refractivity contribution in [2.24, 2.45) is 5.73 Å². The van der Waals surface area contributed by atoms with Gasteiger partial charge in [-0.1, -0.05) is 35.9 Å². The number of benzene rings is 2. The van der Waals surface area contributed by atoms with Crippen LogP contribution in [0.1, 0.15) is 21.5 Å². The maximum atomic E-state index is 11.9. The number of carbonyl (C=O) groups excluding carboxylic acids is 1. The van der Waals surface area contributed by atoms with Crippen molar-refractivity contribution < 1.29 is 4.79 Å². The van der Waals surface area contributed by atoms with E-state index in [1.54, 1.807) is 24.3 Å². The molecule has 0 spiro atoms. The molecule has 0 heterocycles. The van der Waals surface area contributed by atoms with Crippen molar-refractivity contribution in [1.82, 2.24) is 5.32 Å². The molecule has 3 nitrogen and oxygen atoms in total. The largest absolute Gasteiger partial charge is 0.348 e. The van der Waals surface area contributed by atoms with Crippen molar-refractivity contribution in [3.8, 4) is 0 Å². The van der Waals surface area contributed by atoms with Gasteiger partial charge in [-0.05, 0) is 35.4 Å². The molecule has 0 atom stereocenters. The lowest BCUT2D eigenvalue weighted by Gasteiger charge is -2.09. The van der Waals surface area contributed by atoms with Gasteiger partial charge in [0.15, 0.2) is 0 Å². The van der Waals surface area contributed by atoms with Crippen LogP contribution in [0, 0.1) is 0 Å². The highest BCUT2D eigenvalue weighted by Crippen LogP contribution is 2.11. The number of hydrogen-bond donors (Lipinski definition) is 2. The Labute approximate surface area is 117 Å². The second-order valence-electron chi connectivity index (χ2n) is 4.16. The molecule has 0 unspecified atom stereocenters. The molecule has 0 aliphatic heterocycles. The van der Waals surface area contributed by atoms with Crippen molar-refractivity contribution in [3.63, 3.8) is 0 Å². The highest BCUT2D eigenvalue weighted by molar-refractivity contribution is 6.30. The van der Waals surface area contributed by atoms with Gasteiger partial charge in [-0.3, -0.25) is 4.79 Å². The van der Waals surface area contributed by atoms with Crippen LogP contribution in [-0.2, 0) is 13.1 Å². The van der Waals surface area contributed by atoms with Crippen LogP contribution >= 0.6 is 11.6 Å². The minimum atomic E-state index is -0.122. The third kappa shape index (κ3) is 3.56. The topological polar surface area (TPSA) is 55.1 Å². The van der Waals surface area contributed by atoms with Crippen LogP contribution in [0.4, 0.5) is 0 Å². The first-order valence-corrected chi connectivity index (χ1v) is 6.39. The maximum absolute atomic E-state index is 11.9. The summed E-state index contributed by atoms with van der Waals surface area (Å²) < 4.78 is 0. The Bertz CT molecular complexity index is 567. The third-order valence-corrected chi connectivity index (χ3v) is 3.14. The second kappa shape index (κ2) is 6.36. The second-order valence-corrected chi connectivity index (χ2v) is 4.60. The molecule has 4 heteroatoms. The van der Waals surface area contributed by atoms with Gasteiger partial charge in [0.25, 0.3) is 5.91 Å². The van der Waals surface area contributed by atoms with Gasteiger partial charge in [0.2, 0.25) is 0 Å². The van der Waals surface area contributed by atoms with Gasteiger partial charge < -0.3 is 11.1 Å². The average molecular weight is 275 g/mol. The molecular formula is C15H15ClN2O. The molecular weight excluding hydrogens is 260 g/mol. The van der Waals surface area contributed by atoms with Gasteiger partial charge >= 0.3 is 0 Å². The van der Waals surface area contributed by atoms with E-state index in [0.29, 0.717) is 23.7 Å². The molecule has 19 heavy (non-hydrogen) atoms. The number of rotatable bonds is 4. The van der Waals surface area contributed by atoms with Crippen LogP contribution in [0.25, 0.3) is 0 Å². The summed E-state index contributed by atoms with van der Waals surface area (Å²) >= 11 is 5.78. The quantitative estimate of drug-likeness (QED) is 0.901. The zero-order valence-electron chi connectivity index (χ0n) is 10.4. The maximum Gasteiger partial charge on any atom is 0.251 e. The molecule has 0 fully saturated rings. The first-order chi connectivity index (χ1) is 9.20. The SMILES string of the molecule is NCc1ccccc1CNC(=O)c1ccc(Cl)cc1. The fourth-order valence-electron chi connectivity index (χ4n) is 1.81. The lowest BCUT2D eigenvalue weighted by Crippen LogP contribution is -2.23. The fourth-order valence-corrected chi connectivity index (χ4v) is 1.93. The van der Waals surface area contributed by atoms with Gasteiger partial charge in [0.05, 0.1) is 0 Å². The van der Waals surface area contributed by atoms with E-state index in [1.807, 2.05) is 24.3 Å². The van der Waals surface area contributed by atoms with E-state index >= 15 is 0 Å². The summed E-state index contributed by atoms with van der Waals surface area (Å²) in [5, 5.41) is 3.49. The predicted molar refractivity (Wildman–Crippen MR) is 77.0 cm³/mol. The molecule has 3 N–H and O–H groups in total. The summed E-state index contributed by atoms with van der Waals surface area (Å²) in [6, 6.07) is 14.6. The van der Waals surface area contributed by atoms with E-state index in [0.717, 1.165) is 11.1 Å². The van der Waals surface area contributed by atoms with Gasteiger partial charge in [0.1, 0.15) is 0 Å². The van der Waals surface area contributed by atoms with Crippen LogP contribution in [0.5, 0.6) is 0 Å². The zero-order chi connectivity index (χ0) is 13.7. The standard InChI is InChI=1S/C15H15ClN2O/c16-14-7-5-11(6-8-14)15(19)18-10-13-4-2-1-3-12(13)9-17/h1-8H,9-10,17H2,(H,18,19). The van der Waals surface area contributed by atoms with E-state index in [9.17, 15) is 4.79 Å². The van der Waals surface area contributed by atoms with Gasteiger partial charge in [0, 0.05) is 23.7 Å². The minimum absolute atomic E-state index is 0.122. The Kier molecular flexibility index (Phi) is 4.55. The summed E-state index contributed by atoms with van der Waals surface area (Å²) in [6.07, 6.45) is 0. The Balaban J connectivity index is 2.02. The van der Waals surface area contributed by atoms with Crippen molar-refractivity contribution in [2.45, 2.75) is 13.1 Å². The average Bonchev–Trinajstić information content (AvgIpc) is 2.45. The molecule has 0 aromatic heterocycles. The summed E-state index contributed by atoms with van der Waals surface area (Å²) in [6.45, 7) is 0.932. The number of amides is 1. The van der Waals surface area contributed by atoms with Gasteiger partial charge in [-0.15, -0.1) is 0 Å². The minimum Gasteiger partial charge on any atom is -0.348 e. The van der Waals surface area contributed by atoms with E-state index < -0.39 is 0 Å². The molecule has 2 aromatic carbocycles. The monoisotopic (exact) mass is 274 g/mol. The van der Waals surface area contributed by atoms with Gasteiger partial charge in [-0.2, -0.15) is 0 Å². The van der Waals surface area contributed by atoms with Crippen molar-refractivity contribution in [1.29, 1.82) is 0 Å². The van der Waals surface area contributed by atoms with E-state index in [1.165, 1.54) is 0 Å². The highest BCUT2D eigenvalue weighted by atomic mass is 35.5. The number of hydrogen-bond acceptors (Lipinski definition) is 2. The summed E-state index contributed by atoms with van der Waals surface area (Å²) in [5.41, 5.74) is 8.32. The summed E-state index contributed by atoms with van der Waals surface area (Å²) in [7, 11) is 0. The van der Waals surface area contributed by atoms with Crippen molar-refractivity contribution in [3.05, 3.63) is 70.2 Å². The number of carbonyl (C=O) groups is 1. The highest BCUT2D eigenvalue weighted by Gasteiger charge is 2.06. The molecule has 0 saturated carbocycles. The van der Waals surface area contributed by atoms with Crippen molar-refractivity contribution in [2.75, 3.05) is 0 Å². The number of halogens is 1. The molecule has 0 radical (unpaired) electrons. The van der Waals surface area contributed by atoms with E-state index in [2.05, 4.69) is 5.32 Å². The summed E-state index contributed by atoms with van der Waals surface area (Å²) in [5.74, 6) is -0.122. The molecule has 0 aliphatic rings. The smallest absolute Gasteiger partial charge is 0.251 e. The van der Waals surface area contributed by atoms with E-state index in [-0.39, 0.29) is 5.91 Å². The van der Waals surface area contributed by atoms with Crippen LogP contribution in [0.15, 0.2) is 48.5 Å². The van der Waals surface area contributed by atoms with Crippen LogP contribution in [0.3, 0.4) is 0 Å². The number of nitrogens with two attached hydrogens (primary N) is 1. The van der Waals surface area contributed by atoms with Crippen LogP contribution < -0.4 is 11.1 Å². The molecule has 2 rings (SSSR count). The summed E-state index contributed by atoms with van der Waals surface area (Å²) in [4.78, 5) is 11.9. The molecule has 0 bridgehead atoms. The van der Waals surface area contributed by atoms with Crippen LogP contribution in [-0.4, -0.2) is 5.91 Å². The molecule has 2 aromatic rings. The zero-order valence-corrected chi connectivity index (χ0v) is 11.2. The lowest BCUT2D eigenvalue weighted by atomic mass is 10.1. The van der Waals surface area contributed by atoms with Crippen LogP contribution in [0.2, 0.25) is 5.02 Å². The molecule has 0 aliphatic carbocycles. The Morgan fingerprint density at radius 2 is 1.68 bits per heavy atom. The molecule has 0 saturated heterocycles. The Morgan fingerprint density at radius 1 is 1.05 bits per heavy atom. The molecule has 1 amide bonds. The first kappa shape index (κ1) is 13.6. The Hall–Kier alpha value is -1.84. The normalized spacial score (nSPS) is 10.2. The fraction of sp³-hybridized carbons (Fsp3) is 0.133. The first-order valence-electron chi connectivity index (χ1n) is 6.01. The van der Waals surface area contributed by atoms with E-state index in [4.69, 9.17) is 17.3 Å². The Morgan fingerprint density at radius 3 is 2.32 bits per heavy atom. The lowest BCUT2D eigenvalue weighted by molar-refractivity contribution is 0.0951. The molecule has 98 valence electrons. The third-order valence-electron chi connectivity index (χ3n) is 2.88. The number of nitrogens with one attached hydrogen (secondary N) is 1. The predicted octanol–water partition coefficient (Wildman–Crippen LogP) is 2.73.